The lowest BCUT2D eigenvalue weighted by Crippen LogP contribution is -2.60. The molecule has 2 bridgehead atoms. The van der Waals surface area contributed by atoms with Gasteiger partial charge in [0.25, 0.3) is 0 Å². The topological polar surface area (TPSA) is 96.4 Å². The molecule has 3 fully saturated rings. The second-order valence-corrected chi connectivity index (χ2v) is 11.6. The summed E-state index contributed by atoms with van der Waals surface area (Å²) in [6.45, 7) is 15.3. The number of nitrogens with zero attached hydrogens (tertiary/aromatic N) is 2. The Morgan fingerprint density at radius 1 is 1.31 bits per heavy atom. The van der Waals surface area contributed by atoms with Crippen molar-refractivity contribution in [3.05, 3.63) is 25.3 Å². The summed E-state index contributed by atoms with van der Waals surface area (Å²) < 4.78 is 12.0. The quantitative estimate of drug-likeness (QED) is 0.172. The van der Waals surface area contributed by atoms with Crippen molar-refractivity contribution < 1.29 is 29.0 Å². The van der Waals surface area contributed by atoms with Gasteiger partial charge in [-0.15, -0.1) is 13.2 Å². The second kappa shape index (κ2) is 11.1. The standard InChI is InChI=1S/C26H39BrN2O6/c1-7-9-10-12-34-25(33)19-20-23(31)29(18(14-30)15(3)4)22(24(32)28(11-8-2)16(5)6)26(20)13-17(27)21(19)35-26/h7-8,15-22,30H,1-2,9-14H2,3-6H3/t17?,18-,19-,20-,21-,22?,26?/m0/s1. The molecule has 0 aromatic rings. The number of esters is 1. The van der Waals surface area contributed by atoms with E-state index in [0.29, 0.717) is 19.4 Å². The largest absolute Gasteiger partial charge is 0.465 e. The van der Waals surface area contributed by atoms with Gasteiger partial charge in [-0.05, 0) is 39.0 Å². The molecular formula is C26H39BrN2O6. The zero-order chi connectivity index (χ0) is 26.1. The summed E-state index contributed by atoms with van der Waals surface area (Å²) in [6, 6.07) is -1.68. The summed E-state index contributed by atoms with van der Waals surface area (Å²) >= 11 is 3.66. The first-order chi connectivity index (χ1) is 16.6. The fraction of sp³-hybridized carbons (Fsp3) is 0.731. The highest BCUT2D eigenvalue weighted by Gasteiger charge is 2.77. The summed E-state index contributed by atoms with van der Waals surface area (Å²) in [4.78, 5) is 44.4. The molecule has 2 amide bonds. The number of aliphatic hydroxyl groups is 1. The Labute approximate surface area is 216 Å². The molecule has 8 nitrogen and oxygen atoms in total. The van der Waals surface area contributed by atoms with Gasteiger partial charge in [0.15, 0.2) is 0 Å². The van der Waals surface area contributed by atoms with Crippen LogP contribution in [0.2, 0.25) is 0 Å². The predicted octanol–water partition coefficient (Wildman–Crippen LogP) is 2.68. The number of unbranched alkanes of at least 4 members (excludes halogenated alkanes) is 1. The molecule has 35 heavy (non-hydrogen) atoms. The number of aliphatic hydroxyl groups excluding tert-OH is 1. The highest BCUT2D eigenvalue weighted by Crippen LogP contribution is 2.61. The maximum Gasteiger partial charge on any atom is 0.312 e. The first-order valence-electron chi connectivity index (χ1n) is 12.5. The maximum absolute atomic E-state index is 14.1. The minimum atomic E-state index is -1.17. The van der Waals surface area contributed by atoms with Gasteiger partial charge in [-0.3, -0.25) is 14.4 Å². The number of fused-ring (bicyclic) bond motifs is 1. The van der Waals surface area contributed by atoms with Crippen LogP contribution in [0.15, 0.2) is 25.3 Å². The molecule has 0 aliphatic carbocycles. The number of likely N-dealkylation sites (tertiary alicyclic amines) is 1. The third-order valence-corrected chi connectivity index (χ3v) is 8.42. The van der Waals surface area contributed by atoms with Crippen molar-refractivity contribution in [2.75, 3.05) is 19.8 Å². The molecule has 3 aliphatic rings. The lowest BCUT2D eigenvalue weighted by molar-refractivity contribution is -0.157. The Bertz CT molecular complexity index is 848. The molecule has 0 radical (unpaired) electrons. The fourth-order valence-electron chi connectivity index (χ4n) is 5.94. The van der Waals surface area contributed by atoms with Gasteiger partial charge in [0, 0.05) is 17.4 Å². The van der Waals surface area contributed by atoms with Gasteiger partial charge in [0.1, 0.15) is 11.6 Å². The molecule has 3 heterocycles. The van der Waals surface area contributed by atoms with E-state index < -0.39 is 41.6 Å². The van der Waals surface area contributed by atoms with Gasteiger partial charge in [-0.1, -0.05) is 41.9 Å². The van der Waals surface area contributed by atoms with E-state index in [1.54, 1.807) is 17.1 Å². The van der Waals surface area contributed by atoms with Gasteiger partial charge < -0.3 is 24.4 Å². The van der Waals surface area contributed by atoms with E-state index in [1.165, 1.54) is 4.90 Å². The van der Waals surface area contributed by atoms with Gasteiger partial charge in [0.2, 0.25) is 11.8 Å². The van der Waals surface area contributed by atoms with Crippen molar-refractivity contribution in [1.29, 1.82) is 0 Å². The van der Waals surface area contributed by atoms with Crippen molar-refractivity contribution in [2.24, 2.45) is 17.8 Å². The number of hydrogen-bond donors (Lipinski definition) is 1. The monoisotopic (exact) mass is 554 g/mol. The number of allylic oxidation sites excluding steroid dienone is 1. The molecule has 0 aromatic carbocycles. The minimum Gasteiger partial charge on any atom is -0.465 e. The average molecular weight is 556 g/mol. The molecule has 3 unspecified atom stereocenters. The molecule has 1 N–H and O–H groups in total. The van der Waals surface area contributed by atoms with Gasteiger partial charge in [-0.25, -0.2) is 0 Å². The molecule has 0 aromatic heterocycles. The van der Waals surface area contributed by atoms with Crippen LogP contribution in [0.4, 0.5) is 0 Å². The van der Waals surface area contributed by atoms with Crippen LogP contribution in [0.5, 0.6) is 0 Å². The van der Waals surface area contributed by atoms with E-state index in [0.717, 1.165) is 6.42 Å². The van der Waals surface area contributed by atoms with Crippen molar-refractivity contribution in [1.82, 2.24) is 9.80 Å². The third-order valence-electron chi connectivity index (χ3n) is 7.58. The number of amides is 2. The fourth-order valence-corrected chi connectivity index (χ4v) is 6.88. The lowest BCUT2D eigenvalue weighted by atomic mass is 9.70. The molecule has 9 heteroatoms. The molecule has 7 atom stereocenters. The first kappa shape index (κ1) is 27.9. The molecule has 0 saturated carbocycles. The van der Waals surface area contributed by atoms with Crippen molar-refractivity contribution in [3.63, 3.8) is 0 Å². The molecule has 3 rings (SSSR count). The number of carbonyl (C=O) groups is 3. The molecule has 1 spiro atoms. The zero-order valence-electron chi connectivity index (χ0n) is 21.2. The third kappa shape index (κ3) is 4.71. The number of alkyl halides is 1. The van der Waals surface area contributed by atoms with E-state index in [2.05, 4.69) is 29.1 Å². The highest BCUT2D eigenvalue weighted by atomic mass is 79.9. The second-order valence-electron chi connectivity index (χ2n) is 10.4. The predicted molar refractivity (Wildman–Crippen MR) is 136 cm³/mol. The van der Waals surface area contributed by atoms with E-state index in [-0.39, 0.29) is 41.8 Å². The van der Waals surface area contributed by atoms with Crippen LogP contribution < -0.4 is 0 Å². The Morgan fingerprint density at radius 3 is 2.54 bits per heavy atom. The first-order valence-corrected chi connectivity index (χ1v) is 13.4. The lowest BCUT2D eigenvalue weighted by Gasteiger charge is -2.41. The van der Waals surface area contributed by atoms with Crippen molar-refractivity contribution >= 4 is 33.7 Å². The number of hydrogen-bond acceptors (Lipinski definition) is 6. The van der Waals surface area contributed by atoms with Gasteiger partial charge in [-0.2, -0.15) is 0 Å². The Morgan fingerprint density at radius 2 is 2.00 bits per heavy atom. The Hall–Kier alpha value is -1.71. The zero-order valence-corrected chi connectivity index (χ0v) is 22.8. The summed E-state index contributed by atoms with van der Waals surface area (Å²) in [5.41, 5.74) is -1.17. The number of carbonyl (C=O) groups excluding carboxylic acids is 3. The van der Waals surface area contributed by atoms with Crippen molar-refractivity contribution in [3.8, 4) is 0 Å². The van der Waals surface area contributed by atoms with Crippen LogP contribution in [0.1, 0.15) is 47.0 Å². The molecular weight excluding hydrogens is 516 g/mol. The van der Waals surface area contributed by atoms with E-state index in [9.17, 15) is 19.5 Å². The van der Waals surface area contributed by atoms with Crippen molar-refractivity contribution in [2.45, 2.75) is 81.6 Å². The molecule has 3 aliphatic heterocycles. The highest BCUT2D eigenvalue weighted by molar-refractivity contribution is 9.09. The smallest absolute Gasteiger partial charge is 0.312 e. The van der Waals surface area contributed by atoms with E-state index in [4.69, 9.17) is 9.47 Å². The Kier molecular flexibility index (Phi) is 8.86. The Balaban J connectivity index is 2.06. The van der Waals surface area contributed by atoms with Gasteiger partial charge in [0.05, 0.1) is 37.2 Å². The minimum absolute atomic E-state index is 0.109. The van der Waals surface area contributed by atoms with Gasteiger partial charge >= 0.3 is 5.97 Å². The van der Waals surface area contributed by atoms with E-state index in [1.807, 2.05) is 27.7 Å². The van der Waals surface area contributed by atoms with E-state index >= 15 is 0 Å². The van der Waals surface area contributed by atoms with Crippen LogP contribution in [0, 0.1) is 17.8 Å². The van der Waals surface area contributed by atoms with Crippen LogP contribution >= 0.6 is 15.9 Å². The van der Waals surface area contributed by atoms with Crippen LogP contribution in [0.3, 0.4) is 0 Å². The van der Waals surface area contributed by atoms with Crippen LogP contribution in [0.25, 0.3) is 0 Å². The average Bonchev–Trinajstić information content (AvgIpc) is 3.38. The molecule has 3 saturated heterocycles. The molecule has 196 valence electrons. The summed E-state index contributed by atoms with van der Waals surface area (Å²) in [5, 5.41) is 10.3. The number of ether oxygens (including phenoxy) is 2. The number of rotatable bonds is 12. The van der Waals surface area contributed by atoms with Crippen LogP contribution in [-0.4, -0.2) is 87.1 Å². The maximum atomic E-state index is 14.1. The summed E-state index contributed by atoms with van der Waals surface area (Å²) in [6.07, 6.45) is 4.63. The summed E-state index contributed by atoms with van der Waals surface area (Å²) in [5.74, 6) is -2.82. The number of halogens is 1. The summed E-state index contributed by atoms with van der Waals surface area (Å²) in [7, 11) is 0. The normalized spacial score (nSPS) is 32.2. The van der Waals surface area contributed by atoms with Crippen LogP contribution in [-0.2, 0) is 23.9 Å². The SMILES string of the molecule is C=CCCCOC(=O)[C@H]1[C@H]2C(=O)N([C@@H](CO)C(C)C)C(C(=O)N(CC=C)C(C)C)C23CC(Br)[C@@H]1O3.